The number of alkyl halides is 3. The molecular formula is C11H16F3N3O2. The zero-order valence-corrected chi connectivity index (χ0v) is 10.4. The number of anilines is 2. The van der Waals surface area contributed by atoms with Gasteiger partial charge in [-0.15, -0.1) is 0 Å². The Morgan fingerprint density at radius 2 is 2.21 bits per heavy atom. The summed E-state index contributed by atoms with van der Waals surface area (Å²) in [7, 11) is 1.46. The fourth-order valence-electron chi connectivity index (χ4n) is 1.52. The molecule has 0 fully saturated rings. The Bertz CT molecular complexity index is 407. The average molecular weight is 279 g/mol. The Kier molecular flexibility index (Phi) is 5.37. The van der Waals surface area contributed by atoms with Crippen molar-refractivity contribution in [3.8, 4) is 0 Å². The van der Waals surface area contributed by atoms with Crippen LogP contribution < -0.4 is 11.1 Å². The molecule has 0 saturated carbocycles. The molecule has 0 aliphatic carbocycles. The first-order valence-corrected chi connectivity index (χ1v) is 5.57. The summed E-state index contributed by atoms with van der Waals surface area (Å²) in [5.41, 5.74) is 4.78. The summed E-state index contributed by atoms with van der Waals surface area (Å²) in [5, 5.41) is 11.7. The Morgan fingerprint density at radius 1 is 1.53 bits per heavy atom. The van der Waals surface area contributed by atoms with E-state index in [0.717, 1.165) is 12.3 Å². The van der Waals surface area contributed by atoms with Crippen LogP contribution in [-0.2, 0) is 10.9 Å². The molecule has 0 aromatic carbocycles. The van der Waals surface area contributed by atoms with Gasteiger partial charge in [-0.3, -0.25) is 0 Å². The van der Waals surface area contributed by atoms with E-state index in [-0.39, 0.29) is 30.6 Å². The highest BCUT2D eigenvalue weighted by atomic mass is 19.4. The Labute approximate surface area is 108 Å². The van der Waals surface area contributed by atoms with Crippen LogP contribution in [0.15, 0.2) is 12.3 Å². The lowest BCUT2D eigenvalue weighted by molar-refractivity contribution is -0.141. The molecule has 5 nitrogen and oxygen atoms in total. The zero-order chi connectivity index (χ0) is 14.5. The van der Waals surface area contributed by atoms with Crippen LogP contribution in [0.25, 0.3) is 0 Å². The summed E-state index contributed by atoms with van der Waals surface area (Å²) in [6.45, 7) is 0.127. The van der Waals surface area contributed by atoms with E-state index in [1.54, 1.807) is 0 Å². The van der Waals surface area contributed by atoms with E-state index in [1.807, 2.05) is 0 Å². The molecule has 0 spiro atoms. The lowest BCUT2D eigenvalue weighted by Gasteiger charge is -2.20. The molecule has 1 heterocycles. The average Bonchev–Trinajstić information content (AvgIpc) is 2.31. The molecule has 0 bridgehead atoms. The number of nitrogens with two attached hydrogens (primary N) is 1. The van der Waals surface area contributed by atoms with Gasteiger partial charge in [0.15, 0.2) is 0 Å². The normalized spacial score (nSPS) is 13.3. The van der Waals surface area contributed by atoms with Crippen molar-refractivity contribution in [1.82, 2.24) is 4.98 Å². The molecule has 0 saturated heterocycles. The van der Waals surface area contributed by atoms with Crippen molar-refractivity contribution in [2.24, 2.45) is 0 Å². The Hall–Kier alpha value is -1.54. The predicted octanol–water partition coefficient (Wildman–Crippen LogP) is 1.49. The number of ether oxygens (including phenoxy) is 1. The molecule has 0 aliphatic heterocycles. The van der Waals surface area contributed by atoms with E-state index >= 15 is 0 Å². The molecule has 8 heteroatoms. The van der Waals surface area contributed by atoms with Gasteiger partial charge in [0.1, 0.15) is 5.69 Å². The Morgan fingerprint density at radius 3 is 2.74 bits per heavy atom. The number of nitrogen functional groups attached to an aromatic ring is 1. The van der Waals surface area contributed by atoms with Crippen molar-refractivity contribution in [1.29, 1.82) is 0 Å². The van der Waals surface area contributed by atoms with Crippen LogP contribution in [0.5, 0.6) is 0 Å². The number of rotatable bonds is 6. The van der Waals surface area contributed by atoms with Crippen LogP contribution in [-0.4, -0.2) is 36.5 Å². The van der Waals surface area contributed by atoms with E-state index in [0.29, 0.717) is 6.42 Å². The number of hydrogen-bond acceptors (Lipinski definition) is 5. The van der Waals surface area contributed by atoms with Gasteiger partial charge in [0.25, 0.3) is 0 Å². The lowest BCUT2D eigenvalue weighted by Crippen LogP contribution is -2.27. The number of pyridine rings is 1. The Balaban J connectivity index is 2.92. The third-order valence-corrected chi connectivity index (χ3v) is 2.43. The second kappa shape index (κ2) is 6.58. The standard InChI is InChI=1S/C11H16F3N3O2/c1-19-6-7(2-3-18)17-9-4-10(11(12,13)14)16-5-8(9)15/h4-5,7,18H,2-3,6,15H2,1H3,(H,16,17). The van der Waals surface area contributed by atoms with Crippen molar-refractivity contribution < 1.29 is 23.0 Å². The maximum absolute atomic E-state index is 12.5. The fourth-order valence-corrected chi connectivity index (χ4v) is 1.52. The van der Waals surface area contributed by atoms with E-state index in [9.17, 15) is 13.2 Å². The number of halogens is 3. The highest BCUT2D eigenvalue weighted by molar-refractivity contribution is 5.65. The number of nitrogens with one attached hydrogen (secondary N) is 1. The number of aromatic nitrogens is 1. The molecule has 1 aromatic heterocycles. The van der Waals surface area contributed by atoms with E-state index in [1.165, 1.54) is 7.11 Å². The summed E-state index contributed by atoms with van der Waals surface area (Å²) in [4.78, 5) is 3.24. The van der Waals surface area contributed by atoms with Crippen LogP contribution >= 0.6 is 0 Å². The highest BCUT2D eigenvalue weighted by Gasteiger charge is 2.33. The monoisotopic (exact) mass is 279 g/mol. The summed E-state index contributed by atoms with van der Waals surface area (Å²) in [6, 6.07) is 0.510. The third kappa shape index (κ3) is 4.56. The molecule has 0 radical (unpaired) electrons. The molecule has 108 valence electrons. The van der Waals surface area contributed by atoms with Gasteiger partial charge in [0, 0.05) is 13.7 Å². The first-order valence-electron chi connectivity index (χ1n) is 5.57. The first-order chi connectivity index (χ1) is 8.88. The number of hydrogen-bond donors (Lipinski definition) is 3. The van der Waals surface area contributed by atoms with Gasteiger partial charge >= 0.3 is 6.18 Å². The summed E-state index contributed by atoms with van der Waals surface area (Å²) in [5.74, 6) is 0. The van der Waals surface area contributed by atoms with Crippen LogP contribution in [0.1, 0.15) is 12.1 Å². The number of nitrogens with zero attached hydrogens (tertiary/aromatic N) is 1. The largest absolute Gasteiger partial charge is 0.433 e. The van der Waals surface area contributed by atoms with Crippen molar-refractivity contribution in [3.63, 3.8) is 0 Å². The van der Waals surface area contributed by atoms with Gasteiger partial charge in [0.05, 0.1) is 30.2 Å². The molecular weight excluding hydrogens is 263 g/mol. The molecule has 1 aromatic rings. The summed E-state index contributed by atoms with van der Waals surface area (Å²) in [6.07, 6.45) is -3.25. The zero-order valence-electron chi connectivity index (χ0n) is 10.4. The number of aliphatic hydroxyl groups excluding tert-OH is 1. The highest BCUT2D eigenvalue weighted by Crippen LogP contribution is 2.31. The van der Waals surface area contributed by atoms with Gasteiger partial charge in [0.2, 0.25) is 0 Å². The molecule has 1 unspecified atom stereocenters. The van der Waals surface area contributed by atoms with Crippen molar-refractivity contribution in [3.05, 3.63) is 18.0 Å². The fraction of sp³-hybridized carbons (Fsp3) is 0.545. The van der Waals surface area contributed by atoms with Crippen molar-refractivity contribution in [2.75, 3.05) is 31.4 Å². The topological polar surface area (TPSA) is 80.4 Å². The van der Waals surface area contributed by atoms with Crippen LogP contribution in [0.4, 0.5) is 24.5 Å². The van der Waals surface area contributed by atoms with Gasteiger partial charge in [-0.25, -0.2) is 4.98 Å². The molecule has 19 heavy (non-hydrogen) atoms. The maximum Gasteiger partial charge on any atom is 0.433 e. The van der Waals surface area contributed by atoms with E-state index in [4.69, 9.17) is 15.6 Å². The minimum absolute atomic E-state index is 0.104. The van der Waals surface area contributed by atoms with Gasteiger partial charge < -0.3 is 20.9 Å². The van der Waals surface area contributed by atoms with Crippen LogP contribution in [0.2, 0.25) is 0 Å². The number of methoxy groups -OCH3 is 1. The quantitative estimate of drug-likeness (QED) is 0.735. The smallest absolute Gasteiger partial charge is 0.396 e. The molecule has 4 N–H and O–H groups in total. The van der Waals surface area contributed by atoms with Gasteiger partial charge in [-0.2, -0.15) is 13.2 Å². The van der Waals surface area contributed by atoms with Gasteiger partial charge in [-0.1, -0.05) is 0 Å². The van der Waals surface area contributed by atoms with Crippen molar-refractivity contribution >= 4 is 11.4 Å². The van der Waals surface area contributed by atoms with Gasteiger partial charge in [-0.05, 0) is 12.5 Å². The molecule has 1 rings (SSSR count). The second-order valence-corrected chi connectivity index (χ2v) is 3.96. The second-order valence-electron chi connectivity index (χ2n) is 3.96. The molecule has 1 atom stereocenters. The molecule has 0 aliphatic rings. The lowest BCUT2D eigenvalue weighted by atomic mass is 10.2. The molecule has 0 amide bonds. The van der Waals surface area contributed by atoms with Crippen LogP contribution in [0.3, 0.4) is 0 Å². The minimum atomic E-state index is -4.53. The first kappa shape index (κ1) is 15.5. The predicted molar refractivity (Wildman–Crippen MR) is 64.6 cm³/mol. The van der Waals surface area contributed by atoms with E-state index < -0.39 is 11.9 Å². The maximum atomic E-state index is 12.5. The summed E-state index contributed by atoms with van der Waals surface area (Å²) < 4.78 is 42.5. The number of aliphatic hydroxyl groups is 1. The third-order valence-electron chi connectivity index (χ3n) is 2.43. The van der Waals surface area contributed by atoms with Crippen molar-refractivity contribution in [2.45, 2.75) is 18.6 Å². The van der Waals surface area contributed by atoms with Crippen LogP contribution in [0, 0.1) is 0 Å². The SMILES string of the molecule is COCC(CCO)Nc1cc(C(F)(F)F)ncc1N. The summed E-state index contributed by atoms with van der Waals surface area (Å²) >= 11 is 0. The van der Waals surface area contributed by atoms with E-state index in [2.05, 4.69) is 10.3 Å². The minimum Gasteiger partial charge on any atom is -0.396 e.